The van der Waals surface area contributed by atoms with Crippen LogP contribution in [0.15, 0.2) is 66.3 Å². The molecule has 0 radical (unpaired) electrons. The topological polar surface area (TPSA) is 13.1 Å². The Morgan fingerprint density at radius 1 is 1.12 bits per heavy atom. The van der Waals surface area contributed by atoms with Gasteiger partial charge in [-0.15, -0.1) is 0 Å². The van der Waals surface area contributed by atoms with Gasteiger partial charge in [0.2, 0.25) is 0 Å². The van der Waals surface area contributed by atoms with E-state index in [1.165, 1.54) is 16.7 Å². The molecule has 0 aromatic carbocycles. The van der Waals surface area contributed by atoms with Crippen molar-refractivity contribution in [1.82, 2.24) is 0 Å². The van der Waals surface area contributed by atoms with Gasteiger partial charge in [-0.1, -0.05) is 0 Å². The molecule has 1 aromatic rings. The van der Waals surface area contributed by atoms with Gasteiger partial charge in [-0.05, 0) is 0 Å². The van der Waals surface area contributed by atoms with Crippen LogP contribution in [-0.2, 0) is 20.4 Å². The molecule has 3 aliphatic rings. The average molecular weight is 501 g/mol. The van der Waals surface area contributed by atoms with E-state index in [-0.39, 0.29) is 30.2 Å². The Morgan fingerprint density at radius 2 is 1.81 bits per heavy atom. The van der Waals surface area contributed by atoms with Crippen LogP contribution >= 0.6 is 11.8 Å². The van der Waals surface area contributed by atoms with Crippen LogP contribution in [0.2, 0.25) is 16.7 Å². The van der Waals surface area contributed by atoms with Gasteiger partial charge < -0.3 is 24.8 Å². The predicted molar refractivity (Wildman–Crippen MR) is 103 cm³/mol. The molecule has 0 saturated carbocycles. The van der Waals surface area contributed by atoms with Crippen LogP contribution in [0.25, 0.3) is 5.57 Å². The van der Waals surface area contributed by atoms with Gasteiger partial charge in [0.05, 0.1) is 0 Å². The van der Waals surface area contributed by atoms with Gasteiger partial charge in [0, 0.05) is 0 Å². The van der Waals surface area contributed by atoms with E-state index in [2.05, 4.69) is 74.3 Å². The van der Waals surface area contributed by atoms with Gasteiger partial charge in [-0.2, -0.15) is 0 Å². The van der Waals surface area contributed by atoms with E-state index in [0.29, 0.717) is 0 Å². The third-order valence-corrected chi connectivity index (χ3v) is 24.0. The minimum Gasteiger partial charge on any atom is -1.00 e. The van der Waals surface area contributed by atoms with Crippen molar-refractivity contribution < 1.29 is 49.6 Å². The number of aryl methyl sites for hydroxylation is 1. The fourth-order valence-electron chi connectivity index (χ4n) is 3.81. The Hall–Kier alpha value is 0.01000. The van der Waals surface area contributed by atoms with Gasteiger partial charge in [0.25, 0.3) is 0 Å². The smallest absolute Gasteiger partial charge is 1.00 e. The molecule has 0 saturated heterocycles. The zero-order valence-electron chi connectivity index (χ0n) is 15.4. The molecular formula is C20H22Cl2OSSiZr. The molecule has 4 rings (SSSR count). The second-order valence-corrected chi connectivity index (χ2v) is 25.4. The Kier molecular flexibility index (Phi) is 7.73. The zero-order chi connectivity index (χ0) is 16.8. The van der Waals surface area contributed by atoms with Gasteiger partial charge >= 0.3 is 157 Å². The van der Waals surface area contributed by atoms with Crippen LogP contribution in [0.5, 0.6) is 0 Å². The Labute approximate surface area is 180 Å². The van der Waals surface area contributed by atoms with Crippen LogP contribution < -0.4 is 24.8 Å². The molecule has 6 heteroatoms. The van der Waals surface area contributed by atoms with E-state index in [9.17, 15) is 0 Å². The first-order valence-corrected chi connectivity index (χ1v) is 18.3. The SMILES string of the molecule is CC1=C[C]([Zr+2]([CH]2C=CC=C2)=[Si](C)C)=C2SCC(c3ccc(C)o3)=C12.[Cl-].[Cl-]. The van der Waals surface area contributed by atoms with E-state index < -0.39 is 20.4 Å². The molecule has 1 nitrogen and oxygen atoms in total. The van der Waals surface area contributed by atoms with Crippen LogP contribution in [0.3, 0.4) is 0 Å². The minimum atomic E-state index is -1.68. The minimum absolute atomic E-state index is 0. The van der Waals surface area contributed by atoms with Gasteiger partial charge in [0.1, 0.15) is 0 Å². The normalized spacial score (nSPS) is 17.7. The number of hydrogen-bond acceptors (Lipinski definition) is 2. The Balaban J connectivity index is 0.00000121. The summed E-state index contributed by atoms with van der Waals surface area (Å²) in [7, 11) is 0. The monoisotopic (exact) mass is 498 g/mol. The summed E-state index contributed by atoms with van der Waals surface area (Å²) in [4.78, 5) is 1.60. The molecular weight excluding hydrogens is 479 g/mol. The van der Waals surface area contributed by atoms with Gasteiger partial charge in [-0.25, -0.2) is 0 Å². The zero-order valence-corrected chi connectivity index (χ0v) is 21.2. The van der Waals surface area contributed by atoms with Crippen LogP contribution in [0.1, 0.15) is 18.4 Å². The molecule has 2 heterocycles. The molecule has 0 bridgehead atoms. The predicted octanol–water partition coefficient (Wildman–Crippen LogP) is 0.0517. The summed E-state index contributed by atoms with van der Waals surface area (Å²) < 4.78 is 8.48. The molecule has 136 valence electrons. The van der Waals surface area contributed by atoms with Crippen molar-refractivity contribution in [2.45, 2.75) is 30.6 Å². The van der Waals surface area contributed by atoms with Crippen molar-refractivity contribution in [1.29, 1.82) is 0 Å². The van der Waals surface area contributed by atoms with Gasteiger partial charge in [0.15, 0.2) is 0 Å². The fraction of sp³-hybridized carbons (Fsp3) is 0.300. The van der Waals surface area contributed by atoms with E-state index in [4.69, 9.17) is 4.42 Å². The van der Waals surface area contributed by atoms with E-state index >= 15 is 0 Å². The molecule has 1 aromatic heterocycles. The Morgan fingerprint density at radius 3 is 2.38 bits per heavy atom. The maximum absolute atomic E-state index is 5.95. The summed E-state index contributed by atoms with van der Waals surface area (Å²) in [5.74, 6) is 3.14. The molecule has 0 amide bonds. The summed E-state index contributed by atoms with van der Waals surface area (Å²) in [5.41, 5.74) is 4.12. The number of furan rings is 1. The second kappa shape index (κ2) is 9.01. The van der Waals surface area contributed by atoms with Crippen molar-refractivity contribution in [3.63, 3.8) is 0 Å². The molecule has 2 aliphatic carbocycles. The molecule has 0 unspecified atom stereocenters. The first kappa shape index (κ1) is 22.3. The standard InChI is InChI=1S/C13H11OS.C5H5.C2H6Si.2ClH.Zr/c1-8-3-6-12-13(8)10(7-15-12)11-5-4-9(2)14-11;1-2-4-5-3-1;1-3-2;;;/h3-5H,7H2,1-2H3;1-5H;1-2H3;2*1H;/q;;;;;+2/p-2. The maximum atomic E-state index is 5.95. The van der Waals surface area contributed by atoms with Crippen LogP contribution in [-0.4, -0.2) is 11.2 Å². The van der Waals surface area contributed by atoms with Crippen molar-refractivity contribution in [3.05, 3.63) is 73.4 Å². The fourth-order valence-corrected chi connectivity index (χ4v) is 23.3. The van der Waals surface area contributed by atoms with E-state index in [1.807, 2.05) is 6.92 Å². The summed E-state index contributed by atoms with van der Waals surface area (Å²) >= 11 is 0.373. The molecule has 1 aliphatic heterocycles. The summed E-state index contributed by atoms with van der Waals surface area (Å²) in [6, 6.07) is 4.22. The summed E-state index contributed by atoms with van der Waals surface area (Å²) in [6.07, 6.45) is 12.0. The molecule has 0 fully saturated rings. The van der Waals surface area contributed by atoms with Crippen LogP contribution in [0, 0.1) is 6.92 Å². The molecule has 0 spiro atoms. The van der Waals surface area contributed by atoms with Gasteiger partial charge in [-0.3, -0.25) is 0 Å². The number of hydrogen-bond donors (Lipinski definition) is 0. The number of rotatable bonds is 3. The average Bonchev–Trinajstić information content (AvgIpc) is 3.27. The van der Waals surface area contributed by atoms with Crippen molar-refractivity contribution in [3.8, 4) is 0 Å². The first-order chi connectivity index (χ1) is 11.6. The van der Waals surface area contributed by atoms with Crippen molar-refractivity contribution >= 4 is 22.8 Å². The number of halogens is 2. The third kappa shape index (κ3) is 3.91. The number of fused-ring (bicyclic) bond motifs is 1. The molecule has 26 heavy (non-hydrogen) atoms. The first-order valence-electron chi connectivity index (χ1n) is 8.45. The van der Waals surface area contributed by atoms with E-state index in [1.54, 1.807) is 8.19 Å². The third-order valence-electron chi connectivity index (χ3n) is 4.84. The molecule has 0 atom stereocenters. The van der Waals surface area contributed by atoms with Crippen molar-refractivity contribution in [2.75, 3.05) is 5.75 Å². The summed E-state index contributed by atoms with van der Waals surface area (Å²) in [6.45, 7) is 9.40. The largest absolute Gasteiger partial charge is 1.00 e. The number of allylic oxidation sites excluding steroid dienone is 8. The van der Waals surface area contributed by atoms with E-state index in [0.717, 1.165) is 20.9 Å². The summed E-state index contributed by atoms with van der Waals surface area (Å²) in [5, 5.41) is 0. The second-order valence-electron chi connectivity index (χ2n) is 6.83. The van der Waals surface area contributed by atoms with Crippen LogP contribution in [0.4, 0.5) is 0 Å². The number of thioether (sulfide) groups is 1. The Bertz CT molecular complexity index is 902. The quantitative estimate of drug-likeness (QED) is 0.545. The van der Waals surface area contributed by atoms with Crippen molar-refractivity contribution in [2.24, 2.45) is 0 Å². The maximum Gasteiger partial charge on any atom is -1.00 e. The molecule has 0 N–H and O–H groups in total.